The second kappa shape index (κ2) is 2.91. The number of hydrogen-bond acceptors (Lipinski definition) is 1. The first-order valence-corrected chi connectivity index (χ1v) is 3.82. The van der Waals surface area contributed by atoms with E-state index < -0.39 is 0 Å². The zero-order valence-electron chi connectivity index (χ0n) is 6.59. The third-order valence-electron chi connectivity index (χ3n) is 2.02. The quantitative estimate of drug-likeness (QED) is 0.590. The maximum Gasteiger partial charge on any atom is 0.0953 e. The summed E-state index contributed by atoms with van der Waals surface area (Å²) in [5.74, 6) is 0.858. The van der Waals surface area contributed by atoms with E-state index in [1.165, 1.54) is 5.57 Å². The van der Waals surface area contributed by atoms with Gasteiger partial charge in [0.25, 0.3) is 0 Å². The number of allylic oxidation sites excluding steroid dienone is 4. The monoisotopic (exact) mass is 138 g/mol. The van der Waals surface area contributed by atoms with Crippen LogP contribution in [0.3, 0.4) is 0 Å². The Morgan fingerprint density at radius 1 is 1.60 bits per heavy atom. The van der Waals surface area contributed by atoms with Crippen molar-refractivity contribution in [3.63, 3.8) is 0 Å². The number of aliphatic hydroxyl groups excluding tert-OH is 1. The van der Waals surface area contributed by atoms with E-state index in [1.807, 2.05) is 12.2 Å². The van der Waals surface area contributed by atoms with Crippen molar-refractivity contribution >= 4 is 0 Å². The smallest absolute Gasteiger partial charge is 0.0953 e. The van der Waals surface area contributed by atoms with Crippen molar-refractivity contribution in [3.8, 4) is 0 Å². The van der Waals surface area contributed by atoms with Crippen LogP contribution in [0.4, 0.5) is 0 Å². The third kappa shape index (κ3) is 1.41. The molecule has 0 aromatic carbocycles. The summed E-state index contributed by atoms with van der Waals surface area (Å²) >= 11 is 0. The molecule has 1 heteroatoms. The van der Waals surface area contributed by atoms with Gasteiger partial charge in [-0.1, -0.05) is 25.5 Å². The van der Waals surface area contributed by atoms with E-state index in [-0.39, 0.29) is 0 Å². The predicted molar refractivity (Wildman–Crippen MR) is 42.9 cm³/mol. The zero-order valence-corrected chi connectivity index (χ0v) is 6.59. The Morgan fingerprint density at radius 2 is 2.30 bits per heavy atom. The molecular formula is C9H14O. The summed E-state index contributed by atoms with van der Waals surface area (Å²) in [7, 11) is 0. The van der Waals surface area contributed by atoms with Crippen molar-refractivity contribution in [2.75, 3.05) is 0 Å². The number of aliphatic hydroxyl groups is 1. The molecule has 0 saturated carbocycles. The Bertz CT molecular complexity index is 177. The van der Waals surface area contributed by atoms with Crippen molar-refractivity contribution < 1.29 is 5.11 Å². The number of hydrogen-bond donors (Lipinski definition) is 1. The first kappa shape index (κ1) is 7.39. The molecule has 0 bridgehead atoms. The highest BCUT2D eigenvalue weighted by Crippen LogP contribution is 2.24. The van der Waals surface area contributed by atoms with Crippen molar-refractivity contribution in [2.45, 2.75) is 26.7 Å². The van der Waals surface area contributed by atoms with Gasteiger partial charge in [-0.15, -0.1) is 0 Å². The van der Waals surface area contributed by atoms with Crippen LogP contribution in [0.1, 0.15) is 26.7 Å². The summed E-state index contributed by atoms with van der Waals surface area (Å²) in [6, 6.07) is 0. The van der Waals surface area contributed by atoms with E-state index >= 15 is 0 Å². The van der Waals surface area contributed by atoms with Gasteiger partial charge in [0.15, 0.2) is 0 Å². The molecule has 1 N–H and O–H groups in total. The minimum atomic E-state index is 0.333. The average molecular weight is 138 g/mol. The van der Waals surface area contributed by atoms with Gasteiger partial charge in [-0.3, -0.25) is 0 Å². The zero-order chi connectivity index (χ0) is 7.56. The molecule has 0 aromatic rings. The summed E-state index contributed by atoms with van der Waals surface area (Å²) in [5.41, 5.74) is 1.44. The molecule has 0 saturated heterocycles. The van der Waals surface area contributed by atoms with E-state index in [0.29, 0.717) is 11.7 Å². The highest BCUT2D eigenvalue weighted by molar-refractivity contribution is 5.21. The van der Waals surface area contributed by atoms with Crippen LogP contribution >= 0.6 is 0 Å². The topological polar surface area (TPSA) is 20.2 Å². The molecule has 0 fully saturated rings. The Labute approximate surface area is 62.1 Å². The fourth-order valence-electron chi connectivity index (χ4n) is 1.20. The molecule has 1 rings (SSSR count). The Kier molecular flexibility index (Phi) is 2.15. The standard InChI is InChI=1S/C9H14O/c1-3-8-4-5-9(10)7(2)6-8/h4-5,7,10H,3,6H2,1-2H3. The van der Waals surface area contributed by atoms with Crippen LogP contribution in [0.15, 0.2) is 23.5 Å². The van der Waals surface area contributed by atoms with Gasteiger partial charge in [0, 0.05) is 5.92 Å². The Balaban J connectivity index is 2.68. The minimum Gasteiger partial charge on any atom is -0.512 e. The molecule has 56 valence electrons. The van der Waals surface area contributed by atoms with Crippen LogP contribution in [-0.2, 0) is 0 Å². The van der Waals surface area contributed by atoms with Gasteiger partial charge in [0.1, 0.15) is 0 Å². The van der Waals surface area contributed by atoms with Crippen LogP contribution in [-0.4, -0.2) is 5.11 Å². The van der Waals surface area contributed by atoms with Crippen LogP contribution in [0.2, 0.25) is 0 Å². The second-order valence-corrected chi connectivity index (χ2v) is 2.88. The maximum absolute atomic E-state index is 9.21. The van der Waals surface area contributed by atoms with E-state index in [2.05, 4.69) is 13.8 Å². The van der Waals surface area contributed by atoms with Crippen molar-refractivity contribution in [2.24, 2.45) is 5.92 Å². The van der Waals surface area contributed by atoms with Crippen molar-refractivity contribution in [3.05, 3.63) is 23.5 Å². The van der Waals surface area contributed by atoms with Gasteiger partial charge in [-0.2, -0.15) is 0 Å². The third-order valence-corrected chi connectivity index (χ3v) is 2.02. The SMILES string of the molecule is CCC1=CC=C(O)C(C)C1. The fourth-order valence-corrected chi connectivity index (χ4v) is 1.20. The first-order chi connectivity index (χ1) is 4.74. The van der Waals surface area contributed by atoms with E-state index in [9.17, 15) is 5.11 Å². The molecule has 10 heavy (non-hydrogen) atoms. The molecule has 0 heterocycles. The van der Waals surface area contributed by atoms with Crippen molar-refractivity contribution in [1.29, 1.82) is 0 Å². The van der Waals surface area contributed by atoms with E-state index in [1.54, 1.807) is 0 Å². The van der Waals surface area contributed by atoms with E-state index in [4.69, 9.17) is 0 Å². The molecule has 0 radical (unpaired) electrons. The van der Waals surface area contributed by atoms with Crippen LogP contribution in [0, 0.1) is 5.92 Å². The van der Waals surface area contributed by atoms with Crippen LogP contribution in [0.5, 0.6) is 0 Å². The summed E-state index contributed by atoms with van der Waals surface area (Å²) < 4.78 is 0. The van der Waals surface area contributed by atoms with Gasteiger partial charge < -0.3 is 5.11 Å². The molecule has 1 nitrogen and oxygen atoms in total. The molecule has 1 unspecified atom stereocenters. The van der Waals surface area contributed by atoms with Gasteiger partial charge in [0.05, 0.1) is 5.76 Å². The molecule has 1 atom stereocenters. The minimum absolute atomic E-state index is 0.333. The van der Waals surface area contributed by atoms with Crippen LogP contribution in [0.25, 0.3) is 0 Å². The van der Waals surface area contributed by atoms with Crippen LogP contribution < -0.4 is 0 Å². The molecule has 0 aliphatic heterocycles. The predicted octanol–water partition coefficient (Wildman–Crippen LogP) is 2.80. The van der Waals surface area contributed by atoms with Gasteiger partial charge >= 0.3 is 0 Å². The van der Waals surface area contributed by atoms with Gasteiger partial charge in [-0.25, -0.2) is 0 Å². The summed E-state index contributed by atoms with van der Waals surface area (Å²) in [6.07, 6.45) is 5.97. The second-order valence-electron chi connectivity index (χ2n) is 2.88. The molecule has 0 spiro atoms. The largest absolute Gasteiger partial charge is 0.512 e. The maximum atomic E-state index is 9.21. The average Bonchev–Trinajstić information content (AvgIpc) is 1.95. The lowest BCUT2D eigenvalue weighted by Crippen LogP contribution is -2.03. The normalized spacial score (nSPS) is 25.6. The molecule has 1 aliphatic carbocycles. The fraction of sp³-hybridized carbons (Fsp3) is 0.556. The summed E-state index contributed by atoms with van der Waals surface area (Å²) in [4.78, 5) is 0. The Morgan fingerprint density at radius 3 is 2.80 bits per heavy atom. The van der Waals surface area contributed by atoms with E-state index in [0.717, 1.165) is 12.8 Å². The highest BCUT2D eigenvalue weighted by atomic mass is 16.3. The van der Waals surface area contributed by atoms with Crippen molar-refractivity contribution in [1.82, 2.24) is 0 Å². The summed E-state index contributed by atoms with van der Waals surface area (Å²) in [5, 5.41) is 9.21. The van der Waals surface area contributed by atoms with Gasteiger partial charge in [-0.05, 0) is 18.9 Å². The highest BCUT2D eigenvalue weighted by Gasteiger charge is 2.11. The first-order valence-electron chi connectivity index (χ1n) is 3.82. The molecular weight excluding hydrogens is 124 g/mol. The lowest BCUT2D eigenvalue weighted by Gasteiger charge is -2.15. The van der Waals surface area contributed by atoms with Gasteiger partial charge in [0.2, 0.25) is 0 Å². The molecule has 0 amide bonds. The summed E-state index contributed by atoms with van der Waals surface area (Å²) in [6.45, 7) is 4.20. The lowest BCUT2D eigenvalue weighted by molar-refractivity contribution is 0.335. The molecule has 0 aromatic heterocycles. The Hall–Kier alpha value is -0.720. The molecule has 1 aliphatic rings. The number of rotatable bonds is 1. The lowest BCUT2D eigenvalue weighted by atomic mass is 9.93.